The number of nitrogens with zero attached hydrogens (tertiary/aromatic N) is 2. The number of para-hydroxylation sites is 1. The standard InChI is InChI=1S/C26H28N4O5/c31-24(19-35-22-9-4-6-20(18-22)28-26(33)23-10-5-17-34-23)27-12-11-25(32)30-15-13-29(14-16-30)21-7-2-1-3-8-21/h1-10,17-18H,11-16,19H2,(H,27,31)(H,28,33). The average molecular weight is 477 g/mol. The van der Waals surface area contributed by atoms with Crippen molar-refractivity contribution >= 4 is 29.1 Å². The van der Waals surface area contributed by atoms with Crippen LogP contribution in [-0.2, 0) is 9.59 Å². The Morgan fingerprint density at radius 3 is 2.46 bits per heavy atom. The maximum absolute atomic E-state index is 12.5. The van der Waals surface area contributed by atoms with Gasteiger partial charge in [0.15, 0.2) is 12.4 Å². The van der Waals surface area contributed by atoms with E-state index in [4.69, 9.17) is 9.15 Å². The first-order chi connectivity index (χ1) is 17.1. The summed E-state index contributed by atoms with van der Waals surface area (Å²) < 4.78 is 10.6. The molecule has 2 aromatic carbocycles. The van der Waals surface area contributed by atoms with Crippen LogP contribution in [0, 0.1) is 0 Å². The first-order valence-corrected chi connectivity index (χ1v) is 11.5. The van der Waals surface area contributed by atoms with E-state index in [9.17, 15) is 14.4 Å². The second-order valence-electron chi connectivity index (χ2n) is 8.05. The van der Waals surface area contributed by atoms with Gasteiger partial charge in [-0.2, -0.15) is 0 Å². The normalized spacial score (nSPS) is 13.3. The molecule has 1 saturated heterocycles. The number of anilines is 2. The monoisotopic (exact) mass is 476 g/mol. The molecule has 9 nitrogen and oxygen atoms in total. The van der Waals surface area contributed by atoms with Crippen LogP contribution >= 0.6 is 0 Å². The minimum absolute atomic E-state index is 0.0268. The lowest BCUT2D eigenvalue weighted by molar-refractivity contribution is -0.131. The molecule has 0 atom stereocenters. The lowest BCUT2D eigenvalue weighted by atomic mass is 10.2. The molecule has 1 aromatic heterocycles. The van der Waals surface area contributed by atoms with E-state index < -0.39 is 0 Å². The Morgan fingerprint density at radius 1 is 0.914 bits per heavy atom. The zero-order valence-electron chi connectivity index (χ0n) is 19.3. The Bertz CT molecular complexity index is 1130. The van der Waals surface area contributed by atoms with E-state index >= 15 is 0 Å². The van der Waals surface area contributed by atoms with Crippen molar-refractivity contribution in [2.24, 2.45) is 0 Å². The quantitative estimate of drug-likeness (QED) is 0.492. The first-order valence-electron chi connectivity index (χ1n) is 11.5. The number of nitrogens with one attached hydrogen (secondary N) is 2. The van der Waals surface area contributed by atoms with Gasteiger partial charge in [0.1, 0.15) is 5.75 Å². The number of piperazine rings is 1. The number of rotatable bonds is 9. The van der Waals surface area contributed by atoms with Gasteiger partial charge in [-0.3, -0.25) is 14.4 Å². The highest BCUT2D eigenvalue weighted by Crippen LogP contribution is 2.18. The maximum Gasteiger partial charge on any atom is 0.291 e. The number of ether oxygens (including phenoxy) is 1. The number of carbonyl (C=O) groups excluding carboxylic acids is 3. The zero-order valence-corrected chi connectivity index (χ0v) is 19.3. The molecule has 3 aromatic rings. The summed E-state index contributed by atoms with van der Waals surface area (Å²) in [4.78, 5) is 40.8. The summed E-state index contributed by atoms with van der Waals surface area (Å²) >= 11 is 0. The molecular weight excluding hydrogens is 448 g/mol. The first kappa shape index (κ1) is 23.9. The summed E-state index contributed by atoms with van der Waals surface area (Å²) in [5.41, 5.74) is 1.68. The summed E-state index contributed by atoms with van der Waals surface area (Å²) in [5, 5.41) is 5.42. The number of hydrogen-bond donors (Lipinski definition) is 2. The van der Waals surface area contributed by atoms with Gasteiger partial charge in [0.05, 0.1) is 6.26 Å². The third-order valence-corrected chi connectivity index (χ3v) is 5.62. The van der Waals surface area contributed by atoms with E-state index in [2.05, 4.69) is 27.7 Å². The molecule has 35 heavy (non-hydrogen) atoms. The van der Waals surface area contributed by atoms with Crippen LogP contribution in [0.4, 0.5) is 11.4 Å². The van der Waals surface area contributed by atoms with Crippen LogP contribution in [0.25, 0.3) is 0 Å². The van der Waals surface area contributed by atoms with Crippen LogP contribution in [0.5, 0.6) is 5.75 Å². The van der Waals surface area contributed by atoms with Crippen molar-refractivity contribution in [1.29, 1.82) is 0 Å². The number of furan rings is 1. The molecule has 0 spiro atoms. The van der Waals surface area contributed by atoms with Crippen molar-refractivity contribution in [3.8, 4) is 5.75 Å². The van der Waals surface area contributed by atoms with E-state index in [1.807, 2.05) is 23.1 Å². The highest BCUT2D eigenvalue weighted by molar-refractivity contribution is 6.02. The van der Waals surface area contributed by atoms with E-state index in [1.54, 1.807) is 36.4 Å². The summed E-state index contributed by atoms with van der Waals surface area (Å²) in [5.74, 6) is -0.0419. The van der Waals surface area contributed by atoms with Gasteiger partial charge >= 0.3 is 0 Å². The molecule has 0 aliphatic carbocycles. The third kappa shape index (κ3) is 6.86. The molecule has 0 saturated carbocycles. The highest BCUT2D eigenvalue weighted by Gasteiger charge is 2.21. The van der Waals surface area contributed by atoms with Gasteiger partial charge in [-0.05, 0) is 36.4 Å². The van der Waals surface area contributed by atoms with Crippen molar-refractivity contribution in [3.63, 3.8) is 0 Å². The zero-order chi connectivity index (χ0) is 24.5. The minimum Gasteiger partial charge on any atom is -0.484 e. The topological polar surface area (TPSA) is 104 Å². The fourth-order valence-corrected chi connectivity index (χ4v) is 3.78. The second kappa shape index (κ2) is 11.7. The molecule has 9 heteroatoms. The minimum atomic E-state index is -0.379. The Kier molecular flexibility index (Phi) is 8.00. The smallest absolute Gasteiger partial charge is 0.291 e. The number of benzene rings is 2. The second-order valence-corrected chi connectivity index (χ2v) is 8.05. The summed E-state index contributed by atoms with van der Waals surface area (Å²) in [6.07, 6.45) is 1.66. The van der Waals surface area contributed by atoms with Gasteiger partial charge in [-0.15, -0.1) is 0 Å². The Hall–Kier alpha value is -4.27. The third-order valence-electron chi connectivity index (χ3n) is 5.62. The van der Waals surface area contributed by atoms with Crippen LogP contribution in [0.3, 0.4) is 0 Å². The van der Waals surface area contributed by atoms with Gasteiger partial charge in [0, 0.05) is 56.6 Å². The summed E-state index contributed by atoms with van der Waals surface area (Å²) in [7, 11) is 0. The van der Waals surface area contributed by atoms with Gasteiger partial charge in [0.25, 0.3) is 11.8 Å². The van der Waals surface area contributed by atoms with Crippen LogP contribution in [-0.4, -0.2) is 62.0 Å². The molecule has 1 fully saturated rings. The summed E-state index contributed by atoms with van der Waals surface area (Å²) in [6, 6.07) is 20.1. The molecule has 0 bridgehead atoms. The number of hydrogen-bond acceptors (Lipinski definition) is 6. The molecule has 3 amide bonds. The largest absolute Gasteiger partial charge is 0.484 e. The SMILES string of the molecule is O=C(COc1cccc(NC(=O)c2ccco2)c1)NCCC(=O)N1CCN(c2ccccc2)CC1. The lowest BCUT2D eigenvalue weighted by Crippen LogP contribution is -2.49. The molecule has 2 N–H and O–H groups in total. The van der Waals surface area contributed by atoms with Crippen molar-refractivity contribution in [3.05, 3.63) is 78.8 Å². The molecule has 1 aliphatic rings. The van der Waals surface area contributed by atoms with Crippen molar-refractivity contribution in [2.75, 3.05) is 49.5 Å². The fourth-order valence-electron chi connectivity index (χ4n) is 3.78. The van der Waals surface area contributed by atoms with Crippen LogP contribution in [0.1, 0.15) is 17.0 Å². The van der Waals surface area contributed by atoms with E-state index in [0.717, 1.165) is 18.8 Å². The van der Waals surface area contributed by atoms with Gasteiger partial charge in [0.2, 0.25) is 5.91 Å². The van der Waals surface area contributed by atoms with Gasteiger partial charge < -0.3 is 29.6 Å². The van der Waals surface area contributed by atoms with Crippen LogP contribution in [0.15, 0.2) is 77.4 Å². The molecule has 1 aliphatic heterocycles. The predicted molar refractivity (Wildman–Crippen MR) is 131 cm³/mol. The average Bonchev–Trinajstić information content (AvgIpc) is 3.44. The molecule has 0 unspecified atom stereocenters. The highest BCUT2D eigenvalue weighted by atomic mass is 16.5. The fraction of sp³-hybridized carbons (Fsp3) is 0.269. The number of carbonyl (C=O) groups is 3. The van der Waals surface area contributed by atoms with E-state index in [1.165, 1.54) is 6.26 Å². The van der Waals surface area contributed by atoms with Crippen molar-refractivity contribution < 1.29 is 23.5 Å². The Labute approximate surface area is 203 Å². The summed E-state index contributed by atoms with van der Waals surface area (Å²) in [6.45, 7) is 2.96. The molecule has 2 heterocycles. The van der Waals surface area contributed by atoms with Gasteiger partial charge in [-0.1, -0.05) is 24.3 Å². The van der Waals surface area contributed by atoms with Crippen molar-refractivity contribution in [1.82, 2.24) is 10.2 Å². The molecular formula is C26H28N4O5. The van der Waals surface area contributed by atoms with Gasteiger partial charge in [-0.25, -0.2) is 0 Å². The maximum atomic E-state index is 12.5. The predicted octanol–water partition coefficient (Wildman–Crippen LogP) is 2.77. The Balaban J connectivity index is 1.14. The van der Waals surface area contributed by atoms with Crippen molar-refractivity contribution in [2.45, 2.75) is 6.42 Å². The van der Waals surface area contributed by atoms with Crippen LogP contribution in [0.2, 0.25) is 0 Å². The van der Waals surface area contributed by atoms with Crippen LogP contribution < -0.4 is 20.3 Å². The number of amides is 3. The Morgan fingerprint density at radius 2 is 1.71 bits per heavy atom. The van der Waals surface area contributed by atoms with E-state index in [0.29, 0.717) is 24.5 Å². The molecule has 0 radical (unpaired) electrons. The lowest BCUT2D eigenvalue weighted by Gasteiger charge is -2.36. The van der Waals surface area contributed by atoms with E-state index in [-0.39, 0.29) is 43.1 Å². The molecule has 4 rings (SSSR count). The molecule has 182 valence electrons.